The van der Waals surface area contributed by atoms with Crippen LogP contribution in [0.3, 0.4) is 0 Å². The minimum absolute atomic E-state index is 0.300. The fraction of sp³-hybridized carbons (Fsp3) is 0.250. The number of hydrogen-bond donors (Lipinski definition) is 1. The lowest BCUT2D eigenvalue weighted by molar-refractivity contribution is -0.136. The SMILES string of the molecule is CC(=O)C(=O)NCc1ccc2nc(C)oc2c1. The minimum Gasteiger partial charge on any atom is -0.441 e. The molecule has 2 rings (SSSR count). The average Bonchev–Trinajstić information content (AvgIpc) is 2.64. The average molecular weight is 232 g/mol. The number of amides is 1. The van der Waals surface area contributed by atoms with E-state index in [1.165, 1.54) is 6.92 Å². The number of ketones is 1. The van der Waals surface area contributed by atoms with Crippen molar-refractivity contribution in [3.8, 4) is 0 Å². The van der Waals surface area contributed by atoms with Gasteiger partial charge in [0, 0.05) is 20.4 Å². The molecule has 5 heteroatoms. The van der Waals surface area contributed by atoms with Gasteiger partial charge >= 0.3 is 0 Å². The van der Waals surface area contributed by atoms with E-state index in [-0.39, 0.29) is 0 Å². The predicted molar refractivity (Wildman–Crippen MR) is 61.3 cm³/mol. The number of hydrogen-bond acceptors (Lipinski definition) is 4. The van der Waals surface area contributed by atoms with Crippen molar-refractivity contribution < 1.29 is 14.0 Å². The highest BCUT2D eigenvalue weighted by Crippen LogP contribution is 2.16. The highest BCUT2D eigenvalue weighted by Gasteiger charge is 2.07. The monoisotopic (exact) mass is 232 g/mol. The maximum Gasteiger partial charge on any atom is 0.287 e. The summed E-state index contributed by atoms with van der Waals surface area (Å²) in [4.78, 5) is 26.0. The maximum absolute atomic E-state index is 11.1. The smallest absolute Gasteiger partial charge is 0.287 e. The first kappa shape index (κ1) is 11.3. The molecule has 1 heterocycles. The number of fused-ring (bicyclic) bond motifs is 1. The summed E-state index contributed by atoms with van der Waals surface area (Å²) >= 11 is 0. The van der Waals surface area contributed by atoms with Crippen LogP contribution in [0, 0.1) is 6.92 Å². The molecule has 5 nitrogen and oxygen atoms in total. The first-order valence-corrected chi connectivity index (χ1v) is 5.21. The molecule has 17 heavy (non-hydrogen) atoms. The van der Waals surface area contributed by atoms with E-state index >= 15 is 0 Å². The van der Waals surface area contributed by atoms with Gasteiger partial charge in [0.25, 0.3) is 5.91 Å². The molecule has 0 unspecified atom stereocenters. The van der Waals surface area contributed by atoms with Gasteiger partial charge in [-0.2, -0.15) is 0 Å². The molecule has 1 N–H and O–H groups in total. The van der Waals surface area contributed by atoms with E-state index in [4.69, 9.17) is 4.42 Å². The molecule has 88 valence electrons. The molecule has 0 atom stereocenters. The van der Waals surface area contributed by atoms with Crippen LogP contribution in [0.25, 0.3) is 11.1 Å². The zero-order chi connectivity index (χ0) is 12.4. The number of benzene rings is 1. The Morgan fingerprint density at radius 2 is 2.18 bits per heavy atom. The first-order chi connectivity index (χ1) is 8.06. The van der Waals surface area contributed by atoms with Gasteiger partial charge in [-0.15, -0.1) is 0 Å². The minimum atomic E-state index is -0.584. The number of aryl methyl sites for hydroxylation is 1. The zero-order valence-electron chi connectivity index (χ0n) is 9.61. The van der Waals surface area contributed by atoms with Gasteiger partial charge in [-0.3, -0.25) is 9.59 Å². The van der Waals surface area contributed by atoms with Crippen LogP contribution in [0.5, 0.6) is 0 Å². The molecule has 0 aliphatic carbocycles. The van der Waals surface area contributed by atoms with E-state index in [0.29, 0.717) is 18.0 Å². The second-order valence-electron chi connectivity index (χ2n) is 3.77. The van der Waals surface area contributed by atoms with Crippen LogP contribution in [-0.4, -0.2) is 16.7 Å². The summed E-state index contributed by atoms with van der Waals surface area (Å²) in [5.74, 6) is -0.481. The van der Waals surface area contributed by atoms with Crippen LogP contribution in [0.15, 0.2) is 22.6 Å². The lowest BCUT2D eigenvalue weighted by Gasteiger charge is -2.02. The normalized spacial score (nSPS) is 10.5. The third kappa shape index (κ3) is 2.50. The van der Waals surface area contributed by atoms with Crippen LogP contribution in [-0.2, 0) is 16.1 Å². The molecule has 0 aliphatic heterocycles. The van der Waals surface area contributed by atoms with E-state index in [1.54, 1.807) is 13.0 Å². The standard InChI is InChI=1S/C12H12N2O3/c1-7(15)12(16)13-6-9-3-4-10-11(5-9)17-8(2)14-10/h3-5H,6H2,1-2H3,(H,13,16). The molecule has 1 amide bonds. The van der Waals surface area contributed by atoms with Crippen molar-refractivity contribution in [2.75, 3.05) is 0 Å². The highest BCUT2D eigenvalue weighted by atomic mass is 16.3. The number of oxazole rings is 1. The van der Waals surface area contributed by atoms with E-state index in [0.717, 1.165) is 11.1 Å². The summed E-state index contributed by atoms with van der Waals surface area (Å²) < 4.78 is 5.37. The Morgan fingerprint density at radius 1 is 1.41 bits per heavy atom. The van der Waals surface area contributed by atoms with E-state index in [1.807, 2.05) is 12.1 Å². The Balaban J connectivity index is 2.14. The Hall–Kier alpha value is -2.17. The quantitative estimate of drug-likeness (QED) is 0.810. The largest absolute Gasteiger partial charge is 0.441 e. The van der Waals surface area contributed by atoms with E-state index < -0.39 is 11.7 Å². The number of nitrogens with zero attached hydrogens (tertiary/aromatic N) is 1. The fourth-order valence-electron chi connectivity index (χ4n) is 1.50. The molecule has 0 saturated heterocycles. The summed E-state index contributed by atoms with van der Waals surface area (Å²) in [6.07, 6.45) is 0. The van der Waals surface area contributed by atoms with Crippen LogP contribution >= 0.6 is 0 Å². The van der Waals surface area contributed by atoms with Crippen molar-refractivity contribution >= 4 is 22.8 Å². The van der Waals surface area contributed by atoms with E-state index in [9.17, 15) is 9.59 Å². The fourth-order valence-corrected chi connectivity index (χ4v) is 1.50. The van der Waals surface area contributed by atoms with Crippen molar-refractivity contribution in [2.24, 2.45) is 0 Å². The number of rotatable bonds is 3. The molecule has 2 aromatic rings. The molecule has 0 fully saturated rings. The maximum atomic E-state index is 11.1. The van der Waals surface area contributed by atoms with Gasteiger partial charge in [0.05, 0.1) is 0 Å². The number of Topliss-reactive ketones (excluding diaryl/α,β-unsaturated/α-hetero) is 1. The summed E-state index contributed by atoms with van der Waals surface area (Å²) in [6, 6.07) is 5.46. The molecule has 1 aromatic carbocycles. The van der Waals surface area contributed by atoms with Crippen LogP contribution < -0.4 is 5.32 Å². The highest BCUT2D eigenvalue weighted by molar-refractivity contribution is 6.35. The van der Waals surface area contributed by atoms with Crippen molar-refractivity contribution in [3.05, 3.63) is 29.7 Å². The predicted octanol–water partition coefficient (Wildman–Crippen LogP) is 1.34. The Kier molecular flexibility index (Phi) is 2.91. The molecular weight excluding hydrogens is 220 g/mol. The number of nitrogens with one attached hydrogen (secondary N) is 1. The second kappa shape index (κ2) is 4.37. The number of carbonyl (C=O) groups excluding carboxylic acids is 2. The van der Waals surface area contributed by atoms with Crippen molar-refractivity contribution in [2.45, 2.75) is 20.4 Å². The molecule has 0 spiro atoms. The Labute approximate surface area is 97.8 Å². The van der Waals surface area contributed by atoms with Gasteiger partial charge in [-0.05, 0) is 17.7 Å². The molecular formula is C12H12N2O3. The van der Waals surface area contributed by atoms with Gasteiger partial charge in [0.2, 0.25) is 5.78 Å². The van der Waals surface area contributed by atoms with Gasteiger partial charge in [-0.25, -0.2) is 4.98 Å². The van der Waals surface area contributed by atoms with Crippen molar-refractivity contribution in [1.82, 2.24) is 10.3 Å². The van der Waals surface area contributed by atoms with Crippen molar-refractivity contribution in [3.63, 3.8) is 0 Å². The Bertz CT molecular complexity index is 586. The molecule has 0 aliphatic rings. The summed E-state index contributed by atoms with van der Waals surface area (Å²) in [7, 11) is 0. The lowest BCUT2D eigenvalue weighted by atomic mass is 10.2. The van der Waals surface area contributed by atoms with Gasteiger partial charge in [0.1, 0.15) is 5.52 Å². The number of carbonyl (C=O) groups is 2. The van der Waals surface area contributed by atoms with Crippen LogP contribution in [0.4, 0.5) is 0 Å². The lowest BCUT2D eigenvalue weighted by Crippen LogP contribution is -2.28. The number of aromatic nitrogens is 1. The second-order valence-corrected chi connectivity index (χ2v) is 3.77. The van der Waals surface area contributed by atoms with Gasteiger partial charge < -0.3 is 9.73 Å². The first-order valence-electron chi connectivity index (χ1n) is 5.21. The van der Waals surface area contributed by atoms with Crippen LogP contribution in [0.2, 0.25) is 0 Å². The van der Waals surface area contributed by atoms with Crippen molar-refractivity contribution in [1.29, 1.82) is 0 Å². The van der Waals surface area contributed by atoms with Crippen LogP contribution in [0.1, 0.15) is 18.4 Å². The van der Waals surface area contributed by atoms with Gasteiger partial charge in [0.15, 0.2) is 11.5 Å². The van der Waals surface area contributed by atoms with E-state index in [2.05, 4.69) is 10.3 Å². The third-order valence-corrected chi connectivity index (χ3v) is 2.33. The summed E-state index contributed by atoms with van der Waals surface area (Å²) in [6.45, 7) is 3.31. The zero-order valence-corrected chi connectivity index (χ0v) is 9.61. The summed E-state index contributed by atoms with van der Waals surface area (Å²) in [5.41, 5.74) is 2.32. The topological polar surface area (TPSA) is 72.2 Å². The molecule has 1 aromatic heterocycles. The molecule has 0 saturated carbocycles. The molecule has 0 bridgehead atoms. The summed E-state index contributed by atoms with van der Waals surface area (Å²) in [5, 5.41) is 2.52. The van der Waals surface area contributed by atoms with Gasteiger partial charge in [-0.1, -0.05) is 6.07 Å². The molecule has 0 radical (unpaired) electrons. The third-order valence-electron chi connectivity index (χ3n) is 2.33. The Morgan fingerprint density at radius 3 is 2.88 bits per heavy atom.